The minimum atomic E-state index is -0.752. The Kier molecular flexibility index (Phi) is 4.28. The molecule has 1 saturated heterocycles. The number of fused-ring (bicyclic) bond motifs is 3. The summed E-state index contributed by atoms with van der Waals surface area (Å²) in [5.74, 6) is -2.20. The molecule has 2 bridgehead atoms. The lowest BCUT2D eigenvalue weighted by atomic mass is 9.87. The molecule has 4 atom stereocenters. The predicted molar refractivity (Wildman–Crippen MR) is 80.4 cm³/mol. The van der Waals surface area contributed by atoms with Crippen LogP contribution in [-0.2, 0) is 28.6 Å². The number of esters is 3. The van der Waals surface area contributed by atoms with Crippen molar-refractivity contribution in [3.05, 3.63) is 35.5 Å². The second-order valence-electron chi connectivity index (χ2n) is 6.03. The second kappa shape index (κ2) is 6.24. The summed E-state index contributed by atoms with van der Waals surface area (Å²) in [7, 11) is 0. The van der Waals surface area contributed by atoms with Gasteiger partial charge in [0.2, 0.25) is 0 Å². The van der Waals surface area contributed by atoms with Crippen LogP contribution in [0.3, 0.4) is 0 Å². The number of hydrogen-bond donors (Lipinski definition) is 1. The first kappa shape index (κ1) is 16.4. The van der Waals surface area contributed by atoms with Gasteiger partial charge in [0.15, 0.2) is 0 Å². The van der Waals surface area contributed by atoms with Crippen LogP contribution >= 0.6 is 0 Å². The third-order valence-corrected chi connectivity index (χ3v) is 4.42. The summed E-state index contributed by atoms with van der Waals surface area (Å²) in [6.07, 6.45) is 1.84. The molecule has 0 unspecified atom stereocenters. The van der Waals surface area contributed by atoms with Gasteiger partial charge in [0.05, 0.1) is 18.1 Å². The van der Waals surface area contributed by atoms with E-state index < -0.39 is 42.1 Å². The van der Waals surface area contributed by atoms with E-state index in [1.807, 2.05) is 0 Å². The Morgan fingerprint density at radius 3 is 2.62 bits per heavy atom. The third-order valence-electron chi connectivity index (χ3n) is 4.42. The molecule has 7 nitrogen and oxygen atoms in total. The molecule has 3 rings (SSSR count). The van der Waals surface area contributed by atoms with Gasteiger partial charge >= 0.3 is 17.9 Å². The molecule has 2 aliphatic heterocycles. The van der Waals surface area contributed by atoms with E-state index in [-0.39, 0.29) is 17.8 Å². The number of hydrogen-bond acceptors (Lipinski definition) is 7. The zero-order valence-corrected chi connectivity index (χ0v) is 13.2. The van der Waals surface area contributed by atoms with Crippen LogP contribution in [0.2, 0.25) is 0 Å². The Labute approximate surface area is 138 Å². The van der Waals surface area contributed by atoms with Crippen LogP contribution < -0.4 is 0 Å². The average molecular weight is 334 g/mol. The number of carbonyl (C=O) groups excluding carboxylic acids is 3. The largest absolute Gasteiger partial charge is 0.457 e. The summed E-state index contributed by atoms with van der Waals surface area (Å²) < 4.78 is 15.9. The third kappa shape index (κ3) is 2.87. The first-order valence-electron chi connectivity index (χ1n) is 7.71. The van der Waals surface area contributed by atoms with Crippen LogP contribution in [0.5, 0.6) is 0 Å². The summed E-state index contributed by atoms with van der Waals surface area (Å²) in [5, 5.41) is 9.54. The molecule has 1 aliphatic carbocycles. The van der Waals surface area contributed by atoms with Crippen LogP contribution in [0.25, 0.3) is 0 Å². The number of aliphatic hydroxyl groups excluding tert-OH is 1. The fraction of sp³-hybridized carbons (Fsp3) is 0.471. The summed E-state index contributed by atoms with van der Waals surface area (Å²) >= 11 is 0. The van der Waals surface area contributed by atoms with Crippen LogP contribution in [0.4, 0.5) is 0 Å². The maximum absolute atomic E-state index is 12.2. The van der Waals surface area contributed by atoms with Gasteiger partial charge in [-0.15, -0.1) is 0 Å². The molecule has 0 spiro atoms. The molecule has 0 aromatic rings. The van der Waals surface area contributed by atoms with Crippen molar-refractivity contribution < 1.29 is 33.7 Å². The molecule has 24 heavy (non-hydrogen) atoms. The lowest BCUT2D eigenvalue weighted by molar-refractivity contribution is -0.147. The van der Waals surface area contributed by atoms with E-state index in [0.717, 1.165) is 0 Å². The van der Waals surface area contributed by atoms with E-state index in [1.54, 1.807) is 12.2 Å². The van der Waals surface area contributed by atoms with Crippen LogP contribution in [0.1, 0.15) is 19.8 Å². The topological polar surface area (TPSA) is 99.1 Å². The Hall–Kier alpha value is -2.41. The van der Waals surface area contributed by atoms with E-state index in [0.29, 0.717) is 18.4 Å². The van der Waals surface area contributed by atoms with Gasteiger partial charge in [0.25, 0.3) is 0 Å². The highest BCUT2D eigenvalue weighted by Crippen LogP contribution is 2.38. The number of aliphatic hydroxyl groups is 1. The first-order valence-corrected chi connectivity index (χ1v) is 7.71. The van der Waals surface area contributed by atoms with E-state index in [2.05, 4.69) is 6.58 Å². The number of rotatable bonds is 2. The van der Waals surface area contributed by atoms with Gasteiger partial charge in [-0.2, -0.15) is 0 Å². The van der Waals surface area contributed by atoms with Gasteiger partial charge in [-0.25, -0.2) is 9.59 Å². The van der Waals surface area contributed by atoms with E-state index in [9.17, 15) is 19.5 Å². The van der Waals surface area contributed by atoms with Gasteiger partial charge in [-0.05, 0) is 30.6 Å². The SMILES string of the molecule is C=C1C(=O)O[C@@H]2/C=C(\CO)CC[C@@H](OC(C)=O)C3=C[C@@H](OC3=O)[C@@H]12. The summed E-state index contributed by atoms with van der Waals surface area (Å²) in [6.45, 7) is 4.78. The van der Waals surface area contributed by atoms with Crippen LogP contribution in [-0.4, -0.2) is 47.9 Å². The molecule has 0 radical (unpaired) electrons. The Morgan fingerprint density at radius 2 is 1.96 bits per heavy atom. The summed E-state index contributed by atoms with van der Waals surface area (Å²) in [6, 6.07) is 0. The Morgan fingerprint density at radius 1 is 1.29 bits per heavy atom. The zero-order chi connectivity index (χ0) is 17.4. The summed E-state index contributed by atoms with van der Waals surface area (Å²) in [4.78, 5) is 35.4. The van der Waals surface area contributed by atoms with Gasteiger partial charge in [0, 0.05) is 12.5 Å². The summed E-state index contributed by atoms with van der Waals surface area (Å²) in [5.41, 5.74) is 1.10. The van der Waals surface area contributed by atoms with Gasteiger partial charge in [-0.1, -0.05) is 6.58 Å². The minimum Gasteiger partial charge on any atom is -0.457 e. The molecule has 128 valence electrons. The van der Waals surface area contributed by atoms with Crippen molar-refractivity contribution in [2.24, 2.45) is 5.92 Å². The lowest BCUT2D eigenvalue weighted by Crippen LogP contribution is -2.28. The highest BCUT2D eigenvalue weighted by atomic mass is 16.6. The molecule has 0 aromatic heterocycles. The van der Waals surface area contributed by atoms with E-state index >= 15 is 0 Å². The maximum atomic E-state index is 12.2. The standard InChI is InChI=1S/C17H18O7/c1-8-15-13(23-16(8)20)5-10(7-18)3-4-12(22-9(2)19)11-6-14(15)24-17(11)21/h5-6,12-15,18H,1,3-4,7H2,2H3/b10-5-/t12-,13-,14-,15+/m1/s1. The average Bonchev–Trinajstić information content (AvgIpc) is 3.01. The lowest BCUT2D eigenvalue weighted by Gasteiger charge is -2.21. The van der Waals surface area contributed by atoms with Crippen molar-refractivity contribution in [1.82, 2.24) is 0 Å². The van der Waals surface area contributed by atoms with Crippen molar-refractivity contribution >= 4 is 17.9 Å². The normalized spacial score (nSPS) is 34.5. The zero-order valence-electron chi connectivity index (χ0n) is 13.2. The molecular weight excluding hydrogens is 316 g/mol. The smallest absolute Gasteiger partial charge is 0.338 e. The molecule has 0 saturated carbocycles. The van der Waals surface area contributed by atoms with E-state index in [4.69, 9.17) is 14.2 Å². The molecular formula is C17H18O7. The van der Waals surface area contributed by atoms with Crippen LogP contribution in [0, 0.1) is 5.92 Å². The van der Waals surface area contributed by atoms with Gasteiger partial charge in [0.1, 0.15) is 18.3 Å². The highest BCUT2D eigenvalue weighted by molar-refractivity contribution is 5.94. The molecule has 7 heteroatoms. The van der Waals surface area contributed by atoms with Crippen molar-refractivity contribution in [2.45, 2.75) is 38.1 Å². The van der Waals surface area contributed by atoms with Crippen molar-refractivity contribution in [2.75, 3.05) is 6.61 Å². The number of carbonyl (C=O) groups is 3. The highest BCUT2D eigenvalue weighted by Gasteiger charge is 2.47. The Balaban J connectivity index is 2.01. The molecule has 0 aromatic carbocycles. The Bertz CT molecular complexity index is 672. The molecule has 2 heterocycles. The second-order valence-corrected chi connectivity index (χ2v) is 6.03. The van der Waals surface area contributed by atoms with Crippen molar-refractivity contribution in [3.8, 4) is 0 Å². The fourth-order valence-electron chi connectivity index (χ4n) is 3.26. The molecule has 3 aliphatic rings. The first-order chi connectivity index (χ1) is 11.4. The van der Waals surface area contributed by atoms with Crippen molar-refractivity contribution in [3.63, 3.8) is 0 Å². The molecule has 0 amide bonds. The quantitative estimate of drug-likeness (QED) is 0.341. The monoisotopic (exact) mass is 334 g/mol. The maximum Gasteiger partial charge on any atom is 0.338 e. The predicted octanol–water partition coefficient (Wildman–Crippen LogP) is 0.580. The molecule has 1 fully saturated rings. The van der Waals surface area contributed by atoms with Crippen LogP contribution in [0.15, 0.2) is 35.5 Å². The van der Waals surface area contributed by atoms with Gasteiger partial charge in [-0.3, -0.25) is 4.79 Å². The van der Waals surface area contributed by atoms with Crippen molar-refractivity contribution in [1.29, 1.82) is 0 Å². The minimum absolute atomic E-state index is 0.216. The number of ether oxygens (including phenoxy) is 3. The van der Waals surface area contributed by atoms with Gasteiger partial charge < -0.3 is 19.3 Å². The fourth-order valence-corrected chi connectivity index (χ4v) is 3.26. The van der Waals surface area contributed by atoms with E-state index in [1.165, 1.54) is 6.92 Å². The molecule has 1 N–H and O–H groups in total.